The van der Waals surface area contributed by atoms with Crippen LogP contribution in [0.25, 0.3) is 0 Å². The van der Waals surface area contributed by atoms with Crippen LogP contribution in [0, 0.1) is 0 Å². The lowest BCUT2D eigenvalue weighted by molar-refractivity contribution is 0.0526. The predicted molar refractivity (Wildman–Crippen MR) is 82.3 cm³/mol. The molecule has 0 aliphatic heterocycles. The van der Waals surface area contributed by atoms with Crippen molar-refractivity contribution in [1.29, 1.82) is 0 Å². The zero-order valence-electron chi connectivity index (χ0n) is 11.3. The van der Waals surface area contributed by atoms with Crippen LogP contribution in [-0.2, 0) is 4.74 Å². The summed E-state index contributed by atoms with van der Waals surface area (Å²) in [6.07, 6.45) is 1.55. The Balaban J connectivity index is 2.12. The zero-order chi connectivity index (χ0) is 15.2. The summed E-state index contributed by atoms with van der Waals surface area (Å²) in [5, 5.41) is 2.69. The minimum absolute atomic E-state index is 0.291. The molecule has 0 atom stereocenters. The molecule has 21 heavy (non-hydrogen) atoms. The van der Waals surface area contributed by atoms with Crippen molar-refractivity contribution in [1.82, 2.24) is 4.98 Å². The number of hydrogen-bond acceptors (Lipinski definition) is 4. The number of hydrogen-bond donors (Lipinski definition) is 1. The van der Waals surface area contributed by atoms with Gasteiger partial charge in [0.25, 0.3) is 5.91 Å². The first-order valence-electron chi connectivity index (χ1n) is 6.30. The van der Waals surface area contributed by atoms with Crippen molar-refractivity contribution in [3.8, 4) is 0 Å². The highest BCUT2D eigenvalue weighted by atomic mass is 79.9. The van der Waals surface area contributed by atoms with Gasteiger partial charge in [-0.25, -0.2) is 9.78 Å². The number of nitrogens with one attached hydrogen (secondary N) is 1. The van der Waals surface area contributed by atoms with Gasteiger partial charge in [0.05, 0.1) is 12.2 Å². The third-order valence-electron chi connectivity index (χ3n) is 2.59. The van der Waals surface area contributed by atoms with Crippen molar-refractivity contribution < 1.29 is 14.3 Å². The normalized spacial score (nSPS) is 10.0. The monoisotopic (exact) mass is 348 g/mol. The zero-order valence-corrected chi connectivity index (χ0v) is 12.9. The topological polar surface area (TPSA) is 68.3 Å². The van der Waals surface area contributed by atoms with Gasteiger partial charge >= 0.3 is 5.97 Å². The van der Waals surface area contributed by atoms with Crippen molar-refractivity contribution in [3.63, 3.8) is 0 Å². The summed E-state index contributed by atoms with van der Waals surface area (Å²) < 4.78 is 5.71. The molecular weight excluding hydrogens is 336 g/mol. The molecule has 5 nitrogen and oxygen atoms in total. The number of ether oxygens (including phenoxy) is 1. The largest absolute Gasteiger partial charge is 0.462 e. The van der Waals surface area contributed by atoms with Crippen molar-refractivity contribution in [2.24, 2.45) is 0 Å². The Morgan fingerprint density at radius 3 is 2.76 bits per heavy atom. The molecule has 1 heterocycles. The summed E-state index contributed by atoms with van der Waals surface area (Å²) in [7, 11) is 0. The Kier molecular flexibility index (Phi) is 5.05. The second-order valence-corrected chi connectivity index (χ2v) is 5.03. The molecule has 0 spiro atoms. The van der Waals surface area contributed by atoms with E-state index in [1.165, 1.54) is 0 Å². The standard InChI is InChI=1S/C15H13BrN2O3/c1-2-21-15(20)10-4-3-5-12(8-10)18-14(19)13-7-6-11(16)9-17-13/h3-9H,2H2,1H3,(H,18,19). The van der Waals surface area contributed by atoms with Gasteiger partial charge in [-0.05, 0) is 53.2 Å². The van der Waals surface area contributed by atoms with Gasteiger partial charge in [-0.2, -0.15) is 0 Å². The van der Waals surface area contributed by atoms with E-state index in [1.807, 2.05) is 0 Å². The molecule has 2 aromatic rings. The summed E-state index contributed by atoms with van der Waals surface area (Å²) in [6.45, 7) is 2.04. The molecule has 0 saturated carbocycles. The van der Waals surface area contributed by atoms with Gasteiger partial charge < -0.3 is 10.1 Å². The quantitative estimate of drug-likeness (QED) is 0.861. The molecule has 0 unspecified atom stereocenters. The van der Waals surface area contributed by atoms with E-state index < -0.39 is 5.97 Å². The van der Waals surface area contributed by atoms with Crippen molar-refractivity contribution >= 4 is 33.5 Å². The molecule has 1 aromatic heterocycles. The molecule has 0 radical (unpaired) electrons. The van der Waals surface area contributed by atoms with Crippen LogP contribution in [-0.4, -0.2) is 23.5 Å². The second kappa shape index (κ2) is 6.99. The third-order valence-corrected chi connectivity index (χ3v) is 3.06. The van der Waals surface area contributed by atoms with Crippen LogP contribution >= 0.6 is 15.9 Å². The lowest BCUT2D eigenvalue weighted by atomic mass is 10.2. The number of esters is 1. The summed E-state index contributed by atoms with van der Waals surface area (Å²) in [5.41, 5.74) is 1.19. The molecule has 0 bridgehead atoms. The van der Waals surface area contributed by atoms with E-state index >= 15 is 0 Å². The fraction of sp³-hybridized carbons (Fsp3) is 0.133. The highest BCUT2D eigenvalue weighted by molar-refractivity contribution is 9.10. The first kappa shape index (κ1) is 15.2. The lowest BCUT2D eigenvalue weighted by Crippen LogP contribution is -2.14. The molecule has 1 N–H and O–H groups in total. The molecule has 2 rings (SSSR count). The van der Waals surface area contributed by atoms with Crippen LogP contribution in [0.15, 0.2) is 47.1 Å². The number of anilines is 1. The average Bonchev–Trinajstić information content (AvgIpc) is 2.48. The summed E-state index contributed by atoms with van der Waals surface area (Å²) in [6, 6.07) is 9.90. The fourth-order valence-electron chi connectivity index (χ4n) is 1.64. The molecule has 0 aliphatic rings. The maximum absolute atomic E-state index is 12.0. The second-order valence-electron chi connectivity index (χ2n) is 4.12. The average molecular weight is 349 g/mol. The molecule has 0 aliphatic carbocycles. The van der Waals surface area contributed by atoms with Crippen molar-refractivity contribution in [2.75, 3.05) is 11.9 Å². The van der Waals surface area contributed by atoms with Gasteiger partial charge in [-0.3, -0.25) is 4.79 Å². The predicted octanol–water partition coefficient (Wildman–Crippen LogP) is 3.27. The Hall–Kier alpha value is -2.21. The Morgan fingerprint density at radius 1 is 1.29 bits per heavy atom. The van der Waals surface area contributed by atoms with E-state index in [0.29, 0.717) is 23.6 Å². The van der Waals surface area contributed by atoms with E-state index in [9.17, 15) is 9.59 Å². The number of carbonyl (C=O) groups is 2. The number of amides is 1. The van der Waals surface area contributed by atoms with Crippen LogP contribution in [0.3, 0.4) is 0 Å². The van der Waals surface area contributed by atoms with Gasteiger partial charge in [0, 0.05) is 16.4 Å². The summed E-state index contributed by atoms with van der Waals surface area (Å²) >= 11 is 3.26. The Labute approximate surface area is 130 Å². The first-order chi connectivity index (χ1) is 10.1. The fourth-order valence-corrected chi connectivity index (χ4v) is 1.88. The molecular formula is C15H13BrN2O3. The summed E-state index contributed by atoms with van der Waals surface area (Å²) in [5.74, 6) is -0.765. The van der Waals surface area contributed by atoms with E-state index in [1.54, 1.807) is 49.5 Å². The van der Waals surface area contributed by atoms with Gasteiger partial charge in [0.2, 0.25) is 0 Å². The number of aromatic nitrogens is 1. The maximum Gasteiger partial charge on any atom is 0.338 e. The molecule has 0 saturated heterocycles. The number of pyridine rings is 1. The van der Waals surface area contributed by atoms with E-state index in [2.05, 4.69) is 26.2 Å². The Bertz CT molecular complexity index is 656. The molecule has 1 amide bonds. The number of benzene rings is 1. The molecule has 6 heteroatoms. The highest BCUT2D eigenvalue weighted by Crippen LogP contribution is 2.14. The number of rotatable bonds is 4. The summed E-state index contributed by atoms with van der Waals surface area (Å²) in [4.78, 5) is 27.7. The van der Waals surface area contributed by atoms with E-state index in [4.69, 9.17) is 4.74 Å². The third kappa shape index (κ3) is 4.13. The molecule has 1 aromatic carbocycles. The SMILES string of the molecule is CCOC(=O)c1cccc(NC(=O)c2ccc(Br)cn2)c1. The van der Waals surface area contributed by atoms with Gasteiger partial charge in [0.15, 0.2) is 0 Å². The minimum atomic E-state index is -0.421. The number of halogens is 1. The maximum atomic E-state index is 12.0. The van der Waals surface area contributed by atoms with Gasteiger partial charge in [-0.15, -0.1) is 0 Å². The van der Waals surface area contributed by atoms with Gasteiger partial charge in [-0.1, -0.05) is 6.07 Å². The smallest absolute Gasteiger partial charge is 0.338 e. The lowest BCUT2D eigenvalue weighted by Gasteiger charge is -2.07. The van der Waals surface area contributed by atoms with E-state index in [0.717, 1.165) is 4.47 Å². The van der Waals surface area contributed by atoms with Gasteiger partial charge in [0.1, 0.15) is 5.69 Å². The van der Waals surface area contributed by atoms with Crippen LogP contribution in [0.2, 0.25) is 0 Å². The van der Waals surface area contributed by atoms with Crippen LogP contribution in [0.4, 0.5) is 5.69 Å². The van der Waals surface area contributed by atoms with Crippen LogP contribution < -0.4 is 5.32 Å². The molecule has 108 valence electrons. The van der Waals surface area contributed by atoms with Crippen molar-refractivity contribution in [3.05, 3.63) is 58.3 Å². The van der Waals surface area contributed by atoms with E-state index in [-0.39, 0.29) is 5.91 Å². The van der Waals surface area contributed by atoms with Crippen LogP contribution in [0.1, 0.15) is 27.8 Å². The first-order valence-corrected chi connectivity index (χ1v) is 7.09. The number of carbonyl (C=O) groups excluding carboxylic acids is 2. The highest BCUT2D eigenvalue weighted by Gasteiger charge is 2.10. The Morgan fingerprint density at radius 2 is 2.10 bits per heavy atom. The van der Waals surface area contributed by atoms with Crippen molar-refractivity contribution in [2.45, 2.75) is 6.92 Å². The molecule has 0 fully saturated rings. The minimum Gasteiger partial charge on any atom is -0.462 e. The van der Waals surface area contributed by atoms with Crippen LogP contribution in [0.5, 0.6) is 0 Å². The number of nitrogens with zero attached hydrogens (tertiary/aromatic N) is 1.